The van der Waals surface area contributed by atoms with E-state index < -0.39 is 10.0 Å². The molecule has 0 amide bonds. The predicted molar refractivity (Wildman–Crippen MR) is 89.3 cm³/mol. The number of sulfonamides is 1. The number of hydrogen-bond donors (Lipinski definition) is 2. The van der Waals surface area contributed by atoms with E-state index in [2.05, 4.69) is 36.6 Å². The minimum Gasteiger partial charge on any atom is -0.398 e. The summed E-state index contributed by atoms with van der Waals surface area (Å²) in [6, 6.07) is 5.18. The van der Waals surface area contributed by atoms with E-state index in [0.29, 0.717) is 4.47 Å². The minimum atomic E-state index is -3.67. The second-order valence-electron chi connectivity index (χ2n) is 4.16. The lowest BCUT2D eigenvalue weighted by Crippen LogP contribution is -2.24. The van der Waals surface area contributed by atoms with Gasteiger partial charge in [0, 0.05) is 20.4 Å². The van der Waals surface area contributed by atoms with Gasteiger partial charge in [-0.3, -0.25) is 0 Å². The number of thiophene rings is 1. The van der Waals surface area contributed by atoms with Crippen molar-refractivity contribution in [2.75, 3.05) is 5.73 Å². The van der Waals surface area contributed by atoms with Gasteiger partial charge in [-0.1, -0.05) is 15.9 Å². The lowest BCUT2D eigenvalue weighted by atomic mass is 10.3. The minimum absolute atomic E-state index is 0.0647. The van der Waals surface area contributed by atoms with E-state index in [1.165, 1.54) is 11.3 Å². The Morgan fingerprint density at radius 1 is 1.35 bits per heavy atom. The Morgan fingerprint density at radius 3 is 2.60 bits per heavy atom. The van der Waals surface area contributed by atoms with E-state index in [0.717, 1.165) is 14.9 Å². The van der Waals surface area contributed by atoms with Crippen molar-refractivity contribution >= 4 is 58.9 Å². The smallest absolute Gasteiger partial charge is 0.244 e. The fraction of sp³-hybridized carbons (Fsp3) is 0.167. The third-order valence-electron chi connectivity index (χ3n) is 2.70. The van der Waals surface area contributed by atoms with Crippen LogP contribution in [0.4, 0.5) is 5.69 Å². The van der Waals surface area contributed by atoms with Crippen molar-refractivity contribution in [2.45, 2.75) is 18.4 Å². The van der Waals surface area contributed by atoms with Crippen LogP contribution in [0.1, 0.15) is 10.4 Å². The number of anilines is 1. The van der Waals surface area contributed by atoms with Crippen LogP contribution >= 0.6 is 43.2 Å². The molecule has 0 spiro atoms. The zero-order valence-electron chi connectivity index (χ0n) is 10.5. The molecule has 1 aromatic heterocycles. The summed E-state index contributed by atoms with van der Waals surface area (Å²) in [5.41, 5.74) is 7.08. The largest absolute Gasteiger partial charge is 0.398 e. The van der Waals surface area contributed by atoms with Gasteiger partial charge in [0.05, 0.1) is 5.69 Å². The summed E-state index contributed by atoms with van der Waals surface area (Å²) in [6.07, 6.45) is 0. The second kappa shape index (κ2) is 6.15. The van der Waals surface area contributed by atoms with Crippen LogP contribution in [0.2, 0.25) is 0 Å². The molecule has 0 atom stereocenters. The molecule has 20 heavy (non-hydrogen) atoms. The van der Waals surface area contributed by atoms with Crippen molar-refractivity contribution in [1.82, 2.24) is 4.72 Å². The van der Waals surface area contributed by atoms with Crippen molar-refractivity contribution in [1.29, 1.82) is 0 Å². The quantitative estimate of drug-likeness (QED) is 0.714. The first-order valence-electron chi connectivity index (χ1n) is 5.58. The fourth-order valence-corrected chi connectivity index (χ4v) is 5.68. The average molecular weight is 440 g/mol. The normalized spacial score (nSPS) is 11.8. The van der Waals surface area contributed by atoms with Crippen LogP contribution < -0.4 is 10.5 Å². The van der Waals surface area contributed by atoms with E-state index in [1.54, 1.807) is 12.1 Å². The van der Waals surface area contributed by atoms with Crippen molar-refractivity contribution < 1.29 is 8.42 Å². The number of nitrogen functional groups attached to an aromatic ring is 1. The van der Waals surface area contributed by atoms with Gasteiger partial charge in [0.1, 0.15) is 4.90 Å². The molecule has 4 nitrogen and oxygen atoms in total. The maximum absolute atomic E-state index is 12.4. The summed E-state index contributed by atoms with van der Waals surface area (Å²) in [4.78, 5) is 1.05. The lowest BCUT2D eigenvalue weighted by molar-refractivity contribution is 0.581. The van der Waals surface area contributed by atoms with Gasteiger partial charge in [-0.05, 0) is 52.0 Å². The Hall–Kier alpha value is -0.410. The lowest BCUT2D eigenvalue weighted by Gasteiger charge is -2.11. The number of nitrogens with one attached hydrogen (secondary N) is 1. The fourth-order valence-electron chi connectivity index (χ4n) is 1.68. The van der Waals surface area contributed by atoms with Gasteiger partial charge < -0.3 is 5.73 Å². The van der Waals surface area contributed by atoms with E-state index in [-0.39, 0.29) is 17.1 Å². The maximum atomic E-state index is 12.4. The van der Waals surface area contributed by atoms with Crippen molar-refractivity contribution in [3.05, 3.63) is 43.0 Å². The highest BCUT2D eigenvalue weighted by atomic mass is 79.9. The molecule has 0 saturated heterocycles. The number of rotatable bonds is 4. The molecule has 0 unspecified atom stereocenters. The molecule has 8 heteroatoms. The molecule has 2 aromatic rings. The Morgan fingerprint density at radius 2 is 2.05 bits per heavy atom. The summed E-state index contributed by atoms with van der Waals surface area (Å²) in [5, 5.41) is 1.93. The number of halogens is 2. The molecule has 0 aliphatic carbocycles. The molecule has 0 saturated carbocycles. The molecule has 0 fully saturated rings. The van der Waals surface area contributed by atoms with E-state index in [4.69, 9.17) is 5.73 Å². The zero-order chi connectivity index (χ0) is 14.9. The third-order valence-corrected chi connectivity index (χ3v) is 6.58. The number of nitrogens with two attached hydrogens (primary N) is 1. The molecule has 108 valence electrons. The monoisotopic (exact) mass is 438 g/mol. The average Bonchev–Trinajstić information content (AvgIpc) is 2.70. The molecule has 2 rings (SSSR count). The van der Waals surface area contributed by atoms with Crippen LogP contribution in [0.25, 0.3) is 0 Å². The van der Waals surface area contributed by atoms with Crippen LogP contribution in [0.3, 0.4) is 0 Å². The SMILES string of the molecule is Cc1ccsc1CNS(=O)(=O)c1c(N)cc(Br)cc1Br. The van der Waals surface area contributed by atoms with Crippen LogP contribution in [-0.2, 0) is 16.6 Å². The first-order chi connectivity index (χ1) is 9.31. The molecule has 1 heterocycles. The van der Waals surface area contributed by atoms with Gasteiger partial charge in [0.25, 0.3) is 0 Å². The molecular formula is C12H12Br2N2O2S2. The summed E-state index contributed by atoms with van der Waals surface area (Å²) < 4.78 is 28.4. The Balaban J connectivity index is 2.30. The Bertz CT molecular complexity index is 719. The standard InChI is InChI=1S/C12H12Br2N2O2S2/c1-7-2-3-19-11(7)6-16-20(17,18)12-9(14)4-8(13)5-10(12)15/h2-5,16H,6,15H2,1H3. The van der Waals surface area contributed by atoms with E-state index in [1.807, 2.05) is 18.4 Å². The van der Waals surface area contributed by atoms with Crippen LogP contribution in [0.15, 0.2) is 37.4 Å². The molecule has 0 bridgehead atoms. The number of aryl methyl sites for hydroxylation is 1. The van der Waals surface area contributed by atoms with Crippen LogP contribution in [0, 0.1) is 6.92 Å². The third kappa shape index (κ3) is 3.43. The van der Waals surface area contributed by atoms with Gasteiger partial charge in [-0.25, -0.2) is 13.1 Å². The highest BCUT2D eigenvalue weighted by Crippen LogP contribution is 2.31. The maximum Gasteiger partial charge on any atom is 0.244 e. The van der Waals surface area contributed by atoms with Crippen LogP contribution in [0.5, 0.6) is 0 Å². The second-order valence-corrected chi connectivity index (χ2v) is 8.63. The number of benzene rings is 1. The first-order valence-corrected chi connectivity index (χ1v) is 9.53. The molecule has 0 radical (unpaired) electrons. The first kappa shape index (κ1) is 16.0. The van der Waals surface area contributed by atoms with Gasteiger partial charge in [0.2, 0.25) is 10.0 Å². The molecule has 0 aliphatic rings. The molecule has 3 N–H and O–H groups in total. The van der Waals surface area contributed by atoms with E-state index >= 15 is 0 Å². The summed E-state index contributed by atoms with van der Waals surface area (Å²) >= 11 is 8.03. The van der Waals surface area contributed by atoms with Gasteiger partial charge in [-0.15, -0.1) is 11.3 Å². The molecular weight excluding hydrogens is 428 g/mol. The van der Waals surface area contributed by atoms with Crippen LogP contribution in [-0.4, -0.2) is 8.42 Å². The topological polar surface area (TPSA) is 72.2 Å². The van der Waals surface area contributed by atoms with Gasteiger partial charge >= 0.3 is 0 Å². The summed E-state index contributed by atoms with van der Waals surface area (Å²) in [6.45, 7) is 2.21. The highest BCUT2D eigenvalue weighted by molar-refractivity contribution is 9.11. The van der Waals surface area contributed by atoms with Crippen molar-refractivity contribution in [3.8, 4) is 0 Å². The Kier molecular flexibility index (Phi) is 4.91. The van der Waals surface area contributed by atoms with E-state index in [9.17, 15) is 8.42 Å². The molecule has 1 aromatic carbocycles. The van der Waals surface area contributed by atoms with Crippen molar-refractivity contribution in [2.24, 2.45) is 0 Å². The summed E-state index contributed by atoms with van der Waals surface area (Å²) in [7, 11) is -3.67. The zero-order valence-corrected chi connectivity index (χ0v) is 15.3. The highest BCUT2D eigenvalue weighted by Gasteiger charge is 2.21. The Labute approximate surface area is 138 Å². The van der Waals surface area contributed by atoms with Gasteiger partial charge in [-0.2, -0.15) is 0 Å². The van der Waals surface area contributed by atoms with Gasteiger partial charge in [0.15, 0.2) is 0 Å². The predicted octanol–water partition coefficient (Wildman–Crippen LogP) is 3.64. The van der Waals surface area contributed by atoms with Crippen molar-refractivity contribution in [3.63, 3.8) is 0 Å². The summed E-state index contributed by atoms with van der Waals surface area (Å²) in [5.74, 6) is 0. The number of hydrogen-bond acceptors (Lipinski definition) is 4. The molecule has 0 aliphatic heterocycles.